The van der Waals surface area contributed by atoms with Crippen molar-refractivity contribution in [2.45, 2.75) is 32.1 Å². The molecular weight excluding hydrogens is 330 g/mol. The summed E-state index contributed by atoms with van der Waals surface area (Å²) in [6.45, 7) is 4.68. The van der Waals surface area contributed by atoms with E-state index in [0.717, 1.165) is 17.3 Å². The summed E-state index contributed by atoms with van der Waals surface area (Å²) in [4.78, 5) is 34.6. The zero-order valence-electron chi connectivity index (χ0n) is 13.7. The van der Waals surface area contributed by atoms with E-state index in [1.807, 2.05) is 30.3 Å². The molecule has 0 saturated heterocycles. The first-order valence-corrected chi connectivity index (χ1v) is 8.28. The van der Waals surface area contributed by atoms with E-state index in [1.54, 1.807) is 6.92 Å². The fourth-order valence-electron chi connectivity index (χ4n) is 2.42. The highest BCUT2D eigenvalue weighted by molar-refractivity contribution is 8.14. The second-order valence-corrected chi connectivity index (χ2v) is 6.42. The van der Waals surface area contributed by atoms with Gasteiger partial charge in [0.25, 0.3) is 0 Å². The number of amidine groups is 1. The third-order valence-corrected chi connectivity index (χ3v) is 4.56. The van der Waals surface area contributed by atoms with Gasteiger partial charge in [0, 0.05) is 13.8 Å². The molecule has 1 aliphatic rings. The van der Waals surface area contributed by atoms with Crippen LogP contribution in [0.1, 0.15) is 32.8 Å². The summed E-state index contributed by atoms with van der Waals surface area (Å²) < 4.78 is 5.07. The van der Waals surface area contributed by atoms with Crippen molar-refractivity contribution in [1.29, 1.82) is 0 Å². The van der Waals surface area contributed by atoms with Crippen LogP contribution in [0.4, 0.5) is 0 Å². The van der Waals surface area contributed by atoms with Crippen LogP contribution in [0.5, 0.6) is 0 Å². The van der Waals surface area contributed by atoms with Crippen molar-refractivity contribution in [2.75, 3.05) is 6.61 Å². The molecule has 1 heterocycles. The number of esters is 1. The summed E-state index contributed by atoms with van der Waals surface area (Å²) in [6, 6.07) is 9.10. The zero-order chi connectivity index (χ0) is 17.7. The number of rotatable bonds is 4. The van der Waals surface area contributed by atoms with E-state index in [9.17, 15) is 14.4 Å². The van der Waals surface area contributed by atoms with Crippen molar-refractivity contribution in [2.24, 2.45) is 5.10 Å². The molecule has 7 nitrogen and oxygen atoms in total. The maximum atomic E-state index is 12.2. The Hall–Kier alpha value is -2.35. The number of hydrogen-bond acceptors (Lipinski definition) is 6. The van der Waals surface area contributed by atoms with Gasteiger partial charge in [0.05, 0.1) is 13.0 Å². The van der Waals surface area contributed by atoms with Gasteiger partial charge in [0.1, 0.15) is 0 Å². The van der Waals surface area contributed by atoms with Crippen molar-refractivity contribution < 1.29 is 19.1 Å². The van der Waals surface area contributed by atoms with Gasteiger partial charge in [-0.05, 0) is 12.5 Å². The largest absolute Gasteiger partial charge is 0.466 e. The van der Waals surface area contributed by atoms with Gasteiger partial charge in [-0.3, -0.25) is 14.4 Å². The Bertz CT molecular complexity index is 677. The zero-order valence-corrected chi connectivity index (χ0v) is 14.6. The highest BCUT2D eigenvalue weighted by Gasteiger charge is 2.49. The molecule has 8 heteroatoms. The summed E-state index contributed by atoms with van der Waals surface area (Å²) in [5, 5.41) is 8.28. The highest BCUT2D eigenvalue weighted by atomic mass is 32.2. The average molecular weight is 349 g/mol. The van der Waals surface area contributed by atoms with Crippen molar-refractivity contribution in [3.05, 3.63) is 35.9 Å². The molecule has 0 aromatic heterocycles. The minimum absolute atomic E-state index is 0.0817. The molecular formula is C16H19N3O4S. The number of hydrogen-bond donors (Lipinski definition) is 1. The van der Waals surface area contributed by atoms with Gasteiger partial charge in [-0.2, -0.15) is 0 Å². The van der Waals surface area contributed by atoms with E-state index in [0.29, 0.717) is 0 Å². The first-order chi connectivity index (χ1) is 11.4. The summed E-state index contributed by atoms with van der Waals surface area (Å²) in [5.41, 5.74) is 0.724. The van der Waals surface area contributed by atoms with E-state index < -0.39 is 10.8 Å². The van der Waals surface area contributed by atoms with Crippen LogP contribution in [0.15, 0.2) is 35.4 Å². The summed E-state index contributed by atoms with van der Waals surface area (Å²) in [5.74, 6) is -1.08. The van der Waals surface area contributed by atoms with Crippen LogP contribution in [0, 0.1) is 0 Å². The Morgan fingerprint density at radius 1 is 1.25 bits per heavy atom. The predicted molar refractivity (Wildman–Crippen MR) is 90.7 cm³/mol. The monoisotopic (exact) mass is 349 g/mol. The number of amides is 2. The lowest BCUT2D eigenvalue weighted by atomic mass is 10.0. The molecule has 2 amide bonds. The van der Waals surface area contributed by atoms with Gasteiger partial charge >= 0.3 is 5.97 Å². The van der Waals surface area contributed by atoms with E-state index in [2.05, 4.69) is 10.4 Å². The molecule has 0 radical (unpaired) electrons. The third-order valence-electron chi connectivity index (χ3n) is 3.29. The smallest absolute Gasteiger partial charge is 0.309 e. The van der Waals surface area contributed by atoms with Crippen molar-refractivity contribution in [3.8, 4) is 0 Å². The topological polar surface area (TPSA) is 88.1 Å². The molecule has 1 aromatic rings. The lowest BCUT2D eigenvalue weighted by Crippen LogP contribution is -2.42. The number of carbonyl (C=O) groups is 3. The Morgan fingerprint density at radius 2 is 1.92 bits per heavy atom. The Kier molecular flexibility index (Phi) is 5.61. The third kappa shape index (κ3) is 3.76. The van der Waals surface area contributed by atoms with Crippen LogP contribution in [-0.2, 0) is 24.0 Å². The molecule has 1 N–H and O–H groups in total. The number of thioether (sulfide) groups is 1. The van der Waals surface area contributed by atoms with Gasteiger partial charge in [0.2, 0.25) is 11.8 Å². The molecule has 0 unspecified atom stereocenters. The van der Waals surface area contributed by atoms with Gasteiger partial charge in [0.15, 0.2) is 10.0 Å². The Morgan fingerprint density at radius 3 is 2.46 bits per heavy atom. The van der Waals surface area contributed by atoms with Crippen LogP contribution in [-0.4, -0.2) is 34.6 Å². The molecule has 0 aliphatic carbocycles. The molecule has 0 bridgehead atoms. The fraction of sp³-hybridized carbons (Fsp3) is 0.375. The fourth-order valence-corrected chi connectivity index (χ4v) is 3.76. The minimum atomic E-state index is -1.09. The number of nitrogens with zero attached hydrogens (tertiary/aromatic N) is 2. The first kappa shape index (κ1) is 18.0. The highest BCUT2D eigenvalue weighted by Crippen LogP contribution is 2.48. The molecule has 128 valence electrons. The lowest BCUT2D eigenvalue weighted by Gasteiger charge is -2.34. The van der Waals surface area contributed by atoms with Crippen LogP contribution < -0.4 is 5.32 Å². The van der Waals surface area contributed by atoms with Crippen LogP contribution >= 0.6 is 11.8 Å². The minimum Gasteiger partial charge on any atom is -0.466 e. The second kappa shape index (κ2) is 7.48. The van der Waals surface area contributed by atoms with Crippen LogP contribution in [0.25, 0.3) is 0 Å². The molecule has 1 atom stereocenters. The molecule has 0 saturated carbocycles. The predicted octanol–water partition coefficient (Wildman–Crippen LogP) is 1.80. The maximum absolute atomic E-state index is 12.2. The van der Waals surface area contributed by atoms with Crippen molar-refractivity contribution >= 4 is 34.7 Å². The number of carbonyl (C=O) groups excluding carboxylic acids is 3. The standard InChI is InChI=1S/C16H19N3O4S/c1-4-23-14(22)10-16(13-8-6-5-7-9-13)19(12(3)21)18-15(24-16)17-11(2)20/h5-9H,4,10H2,1-3H3,(H,17,18,20)/t16-/m1/s1. The van der Waals surface area contributed by atoms with E-state index in [-0.39, 0.29) is 30.0 Å². The van der Waals surface area contributed by atoms with E-state index >= 15 is 0 Å². The molecule has 1 aromatic carbocycles. The van der Waals surface area contributed by atoms with Gasteiger partial charge in [-0.25, -0.2) is 5.01 Å². The Balaban J connectivity index is 2.47. The van der Waals surface area contributed by atoms with E-state index in [1.165, 1.54) is 18.9 Å². The molecule has 0 fully saturated rings. The molecule has 0 spiro atoms. The van der Waals surface area contributed by atoms with Crippen molar-refractivity contribution in [1.82, 2.24) is 10.3 Å². The van der Waals surface area contributed by atoms with Gasteiger partial charge in [-0.15, -0.1) is 5.10 Å². The SMILES string of the molecule is CCOC(=O)C[C@]1(c2ccccc2)SC(NC(C)=O)=NN1C(C)=O. The first-order valence-electron chi connectivity index (χ1n) is 7.46. The maximum Gasteiger partial charge on any atom is 0.309 e. The van der Waals surface area contributed by atoms with Gasteiger partial charge < -0.3 is 10.1 Å². The van der Waals surface area contributed by atoms with Crippen LogP contribution in [0.3, 0.4) is 0 Å². The molecule has 24 heavy (non-hydrogen) atoms. The van der Waals surface area contributed by atoms with Gasteiger partial charge in [-0.1, -0.05) is 42.1 Å². The van der Waals surface area contributed by atoms with Crippen LogP contribution in [0.2, 0.25) is 0 Å². The number of hydrazone groups is 1. The average Bonchev–Trinajstić information content (AvgIpc) is 2.87. The quantitative estimate of drug-likeness (QED) is 0.838. The molecule has 2 rings (SSSR count). The molecule has 1 aliphatic heterocycles. The normalized spacial score (nSPS) is 19.6. The number of benzene rings is 1. The number of ether oxygens (including phenoxy) is 1. The summed E-state index contributed by atoms with van der Waals surface area (Å²) >= 11 is 1.15. The Labute approximate surface area is 144 Å². The number of nitrogens with one attached hydrogen (secondary N) is 1. The second-order valence-electron chi connectivity index (χ2n) is 5.15. The van der Waals surface area contributed by atoms with Crippen molar-refractivity contribution in [3.63, 3.8) is 0 Å². The lowest BCUT2D eigenvalue weighted by molar-refractivity contribution is -0.146. The summed E-state index contributed by atoms with van der Waals surface area (Å²) in [6.07, 6.45) is -0.0817. The summed E-state index contributed by atoms with van der Waals surface area (Å²) in [7, 11) is 0. The van der Waals surface area contributed by atoms with E-state index in [4.69, 9.17) is 4.74 Å².